The first-order valence-corrected chi connectivity index (χ1v) is 7.16. The van der Waals surface area contributed by atoms with Crippen LogP contribution >= 0.6 is 12.2 Å². The Bertz CT molecular complexity index is 732. The Kier molecular flexibility index (Phi) is 3.93. The summed E-state index contributed by atoms with van der Waals surface area (Å²) in [4.78, 5) is 12.7. The normalized spacial score (nSPS) is 12.5. The van der Waals surface area contributed by atoms with Gasteiger partial charge in [0.05, 0.1) is 11.3 Å². The summed E-state index contributed by atoms with van der Waals surface area (Å²) >= 11 is 4.88. The van der Waals surface area contributed by atoms with Crippen LogP contribution in [0.4, 0.5) is 5.69 Å². The van der Waals surface area contributed by atoms with E-state index < -0.39 is 0 Å². The third-order valence-corrected chi connectivity index (χ3v) is 3.32. The van der Waals surface area contributed by atoms with E-state index in [1.165, 1.54) is 0 Å². The molecule has 0 aromatic heterocycles. The first-order valence-electron chi connectivity index (χ1n) is 6.75. The molecular weight excluding hydrogens is 300 g/mol. The van der Waals surface area contributed by atoms with E-state index in [4.69, 9.17) is 27.4 Å². The van der Waals surface area contributed by atoms with Crippen LogP contribution in [0.3, 0.4) is 0 Å². The highest BCUT2D eigenvalue weighted by molar-refractivity contribution is 7.80. The molecule has 0 unspecified atom stereocenters. The van der Waals surface area contributed by atoms with E-state index in [1.807, 2.05) is 18.2 Å². The van der Waals surface area contributed by atoms with Crippen molar-refractivity contribution in [1.82, 2.24) is 0 Å². The molecule has 0 saturated heterocycles. The topological polar surface area (TPSA) is 73.6 Å². The maximum absolute atomic E-state index is 12.7. The fourth-order valence-electron chi connectivity index (χ4n) is 2.26. The number of ether oxygens (including phenoxy) is 2. The molecule has 5 nitrogen and oxygen atoms in total. The highest BCUT2D eigenvalue weighted by atomic mass is 32.1. The first kappa shape index (κ1) is 14.3. The van der Waals surface area contributed by atoms with Crippen LogP contribution in [0, 0.1) is 0 Å². The molecular formula is C16H14N2O3S. The van der Waals surface area contributed by atoms with Gasteiger partial charge in [-0.3, -0.25) is 4.79 Å². The number of ketones is 1. The Morgan fingerprint density at radius 1 is 1.09 bits per heavy atom. The number of hydrogen-bond donors (Lipinski definition) is 2. The third kappa shape index (κ3) is 2.87. The molecule has 1 heterocycles. The van der Waals surface area contributed by atoms with E-state index in [0.717, 1.165) is 0 Å². The van der Waals surface area contributed by atoms with Gasteiger partial charge in [-0.05, 0) is 18.3 Å². The molecule has 0 aliphatic carbocycles. The van der Waals surface area contributed by atoms with Crippen molar-refractivity contribution in [2.45, 2.75) is 0 Å². The second kappa shape index (κ2) is 6.03. The minimum absolute atomic E-state index is 0.0822. The van der Waals surface area contributed by atoms with Crippen LogP contribution in [0.1, 0.15) is 15.9 Å². The molecule has 3 N–H and O–H groups in total. The van der Waals surface area contributed by atoms with E-state index in [9.17, 15) is 4.79 Å². The predicted molar refractivity (Wildman–Crippen MR) is 87.7 cm³/mol. The van der Waals surface area contributed by atoms with E-state index in [2.05, 4.69) is 5.32 Å². The van der Waals surface area contributed by atoms with Gasteiger partial charge in [0.1, 0.15) is 13.2 Å². The minimum Gasteiger partial charge on any atom is -0.486 e. The summed E-state index contributed by atoms with van der Waals surface area (Å²) in [7, 11) is 0. The maximum Gasteiger partial charge on any atom is 0.195 e. The zero-order valence-electron chi connectivity index (χ0n) is 11.7. The third-order valence-electron chi connectivity index (χ3n) is 3.22. The van der Waals surface area contributed by atoms with Crippen LogP contribution in [-0.4, -0.2) is 24.1 Å². The molecule has 0 amide bonds. The van der Waals surface area contributed by atoms with Crippen LogP contribution in [-0.2, 0) is 0 Å². The van der Waals surface area contributed by atoms with Gasteiger partial charge in [0.15, 0.2) is 22.4 Å². The first-order chi connectivity index (χ1) is 10.6. The highest BCUT2D eigenvalue weighted by Crippen LogP contribution is 2.36. The largest absolute Gasteiger partial charge is 0.486 e. The van der Waals surface area contributed by atoms with Crippen LogP contribution in [0.5, 0.6) is 11.5 Å². The highest BCUT2D eigenvalue weighted by Gasteiger charge is 2.21. The van der Waals surface area contributed by atoms with Crippen LogP contribution in [0.25, 0.3) is 0 Å². The Morgan fingerprint density at radius 2 is 1.73 bits per heavy atom. The molecule has 0 fully saturated rings. The zero-order chi connectivity index (χ0) is 15.5. The summed E-state index contributed by atoms with van der Waals surface area (Å²) in [6.45, 7) is 0.916. The number of benzene rings is 2. The number of fused-ring (bicyclic) bond motifs is 1. The summed E-state index contributed by atoms with van der Waals surface area (Å²) in [6, 6.07) is 12.3. The van der Waals surface area contributed by atoms with Crippen molar-refractivity contribution >= 4 is 28.8 Å². The molecule has 2 aromatic carbocycles. The lowest BCUT2D eigenvalue weighted by Crippen LogP contribution is -2.22. The molecule has 0 saturated carbocycles. The quantitative estimate of drug-likeness (QED) is 0.669. The van der Waals surface area contributed by atoms with E-state index in [1.54, 1.807) is 24.3 Å². The van der Waals surface area contributed by atoms with Crippen molar-refractivity contribution in [3.05, 3.63) is 53.6 Å². The van der Waals surface area contributed by atoms with Crippen molar-refractivity contribution in [3.8, 4) is 11.5 Å². The van der Waals surface area contributed by atoms with Gasteiger partial charge < -0.3 is 20.5 Å². The van der Waals surface area contributed by atoms with Crippen LogP contribution in [0.15, 0.2) is 42.5 Å². The Balaban J connectivity index is 2.08. The molecule has 3 rings (SSSR count). The Morgan fingerprint density at radius 3 is 2.36 bits per heavy atom. The number of carbonyl (C=O) groups excluding carboxylic acids is 1. The van der Waals surface area contributed by atoms with Gasteiger partial charge in [-0.2, -0.15) is 0 Å². The fourth-order valence-corrected chi connectivity index (χ4v) is 2.37. The van der Waals surface area contributed by atoms with Crippen molar-refractivity contribution in [2.75, 3.05) is 18.5 Å². The summed E-state index contributed by atoms with van der Waals surface area (Å²) in [6.07, 6.45) is 0. The lowest BCUT2D eigenvalue weighted by atomic mass is 10.0. The lowest BCUT2D eigenvalue weighted by Gasteiger charge is -2.21. The van der Waals surface area contributed by atoms with Gasteiger partial charge in [-0.1, -0.05) is 30.3 Å². The van der Waals surface area contributed by atoms with Crippen LogP contribution < -0.4 is 20.5 Å². The number of nitrogens with two attached hydrogens (primary N) is 1. The fraction of sp³-hybridized carbons (Fsp3) is 0.125. The summed E-state index contributed by atoms with van der Waals surface area (Å²) in [5.41, 5.74) is 7.06. The second-order valence-electron chi connectivity index (χ2n) is 4.73. The monoisotopic (exact) mass is 314 g/mol. The standard InChI is InChI=1S/C16H14N2O3S/c17-16(22)18-12-9-14-13(20-6-7-21-14)8-11(12)15(19)10-4-2-1-3-5-10/h1-5,8-9H,6-7H2,(H3,17,18,22). The van der Waals surface area contributed by atoms with Crippen molar-refractivity contribution in [3.63, 3.8) is 0 Å². The number of rotatable bonds is 3. The second-order valence-corrected chi connectivity index (χ2v) is 5.17. The molecule has 0 atom stereocenters. The lowest BCUT2D eigenvalue weighted by molar-refractivity contribution is 0.103. The molecule has 0 radical (unpaired) electrons. The number of anilines is 1. The SMILES string of the molecule is NC(=S)Nc1cc2c(cc1C(=O)c1ccccc1)OCCO2. The number of thiocarbonyl (C=S) groups is 1. The van der Waals surface area contributed by atoms with E-state index in [-0.39, 0.29) is 10.9 Å². The number of nitrogens with one attached hydrogen (secondary N) is 1. The Labute approximate surface area is 133 Å². The van der Waals surface area contributed by atoms with Gasteiger partial charge >= 0.3 is 0 Å². The van der Waals surface area contributed by atoms with E-state index >= 15 is 0 Å². The van der Waals surface area contributed by atoms with Gasteiger partial charge in [0, 0.05) is 11.6 Å². The molecule has 2 aromatic rings. The summed E-state index contributed by atoms with van der Waals surface area (Å²) in [5.74, 6) is 0.963. The van der Waals surface area contributed by atoms with Crippen molar-refractivity contribution in [2.24, 2.45) is 5.73 Å². The van der Waals surface area contributed by atoms with E-state index in [0.29, 0.717) is 41.5 Å². The van der Waals surface area contributed by atoms with Gasteiger partial charge in [0.2, 0.25) is 0 Å². The zero-order valence-corrected chi connectivity index (χ0v) is 12.5. The number of carbonyl (C=O) groups is 1. The average molecular weight is 314 g/mol. The summed E-state index contributed by atoms with van der Waals surface area (Å²) < 4.78 is 11.1. The molecule has 1 aliphatic heterocycles. The summed E-state index contributed by atoms with van der Waals surface area (Å²) in [5, 5.41) is 2.91. The molecule has 22 heavy (non-hydrogen) atoms. The molecule has 112 valence electrons. The predicted octanol–water partition coefficient (Wildman–Crippen LogP) is 2.34. The van der Waals surface area contributed by atoms with Gasteiger partial charge in [-0.25, -0.2) is 0 Å². The number of hydrogen-bond acceptors (Lipinski definition) is 4. The van der Waals surface area contributed by atoms with Gasteiger partial charge in [-0.15, -0.1) is 0 Å². The molecule has 6 heteroatoms. The van der Waals surface area contributed by atoms with Gasteiger partial charge in [0.25, 0.3) is 0 Å². The Hall–Kier alpha value is -2.60. The average Bonchev–Trinajstić information content (AvgIpc) is 2.54. The molecule has 0 spiro atoms. The maximum atomic E-state index is 12.7. The van der Waals surface area contributed by atoms with Crippen molar-refractivity contribution < 1.29 is 14.3 Å². The molecule has 0 bridgehead atoms. The molecule has 1 aliphatic rings. The van der Waals surface area contributed by atoms with Crippen LogP contribution in [0.2, 0.25) is 0 Å². The smallest absolute Gasteiger partial charge is 0.195 e. The minimum atomic E-state index is -0.142. The van der Waals surface area contributed by atoms with Crippen molar-refractivity contribution in [1.29, 1.82) is 0 Å².